The third-order valence-electron chi connectivity index (χ3n) is 3.85. The molecule has 0 saturated carbocycles. The Labute approximate surface area is 159 Å². The molecule has 1 saturated heterocycles. The van der Waals surface area contributed by atoms with Crippen molar-refractivity contribution in [2.45, 2.75) is 4.58 Å². The Balaban J connectivity index is 1.57. The van der Waals surface area contributed by atoms with Crippen LogP contribution in [0.5, 0.6) is 5.75 Å². The maximum absolute atomic E-state index is 13.7. The Morgan fingerprint density at radius 2 is 1.73 bits per heavy atom. The van der Waals surface area contributed by atoms with Gasteiger partial charge in [-0.3, -0.25) is 4.79 Å². The van der Waals surface area contributed by atoms with Gasteiger partial charge in [-0.1, -0.05) is 12.1 Å². The van der Waals surface area contributed by atoms with E-state index in [1.165, 1.54) is 24.8 Å². The number of ether oxygens (including phenoxy) is 2. The summed E-state index contributed by atoms with van der Waals surface area (Å²) >= 11 is 3.78. The molecule has 1 aliphatic heterocycles. The zero-order valence-electron chi connectivity index (χ0n) is 14.1. The number of ketones is 1. The Morgan fingerprint density at radius 3 is 2.35 bits per heavy atom. The van der Waals surface area contributed by atoms with Crippen LogP contribution in [0.25, 0.3) is 0 Å². The quantitative estimate of drug-likeness (QED) is 0.538. The van der Waals surface area contributed by atoms with E-state index in [-0.39, 0.29) is 11.3 Å². The second kappa shape index (κ2) is 8.60. The molecule has 0 N–H and O–H groups in total. The first-order valence-electron chi connectivity index (χ1n) is 7.95. The fourth-order valence-corrected chi connectivity index (χ4v) is 5.32. The van der Waals surface area contributed by atoms with Crippen molar-refractivity contribution in [2.75, 3.05) is 25.2 Å². The van der Waals surface area contributed by atoms with E-state index < -0.39 is 24.2 Å². The maximum Gasteiger partial charge on any atom is 0.338 e. The first-order valence-corrected chi connectivity index (χ1v) is 10.1. The molecule has 0 atom stereocenters. The highest BCUT2D eigenvalue weighted by atomic mass is 32.2. The summed E-state index contributed by atoms with van der Waals surface area (Å²) in [7, 11) is 1.34. The number of Topliss-reactive ketones (excluding diaryl/α,β-unsaturated/α-hetero) is 1. The molecule has 136 valence electrons. The van der Waals surface area contributed by atoms with Gasteiger partial charge in [-0.2, -0.15) is 0 Å². The largest absolute Gasteiger partial charge is 0.494 e. The van der Waals surface area contributed by atoms with Crippen molar-refractivity contribution in [2.24, 2.45) is 0 Å². The van der Waals surface area contributed by atoms with Crippen LogP contribution in [0.1, 0.15) is 30.9 Å². The summed E-state index contributed by atoms with van der Waals surface area (Å²) in [6.07, 6.45) is 0. The number of esters is 1. The van der Waals surface area contributed by atoms with E-state index in [9.17, 15) is 14.0 Å². The fraction of sp³-hybridized carbons (Fsp3) is 0.263. The van der Waals surface area contributed by atoms with Crippen molar-refractivity contribution in [1.82, 2.24) is 0 Å². The maximum atomic E-state index is 13.7. The summed E-state index contributed by atoms with van der Waals surface area (Å²) < 4.78 is 23.9. The van der Waals surface area contributed by atoms with E-state index in [1.807, 2.05) is 35.7 Å². The van der Waals surface area contributed by atoms with Gasteiger partial charge in [0.05, 0.1) is 17.3 Å². The van der Waals surface area contributed by atoms with Crippen LogP contribution in [0, 0.1) is 5.82 Å². The number of carbonyl (C=O) groups is 2. The average molecular weight is 392 g/mol. The Kier molecular flexibility index (Phi) is 6.21. The Morgan fingerprint density at radius 1 is 1.08 bits per heavy atom. The highest BCUT2D eigenvalue weighted by Crippen LogP contribution is 2.45. The van der Waals surface area contributed by atoms with Gasteiger partial charge in [0.25, 0.3) is 0 Å². The Bertz CT molecular complexity index is 802. The second-order valence-electron chi connectivity index (χ2n) is 5.54. The van der Waals surface area contributed by atoms with E-state index in [2.05, 4.69) is 0 Å². The topological polar surface area (TPSA) is 52.6 Å². The van der Waals surface area contributed by atoms with Gasteiger partial charge in [0.15, 0.2) is 24.0 Å². The molecule has 2 aromatic carbocycles. The van der Waals surface area contributed by atoms with E-state index in [0.717, 1.165) is 17.6 Å². The van der Waals surface area contributed by atoms with E-state index in [4.69, 9.17) is 9.47 Å². The van der Waals surface area contributed by atoms with E-state index in [0.29, 0.717) is 10.1 Å². The van der Waals surface area contributed by atoms with Gasteiger partial charge in [0.1, 0.15) is 0 Å². The summed E-state index contributed by atoms with van der Waals surface area (Å²) in [6.45, 7) is -0.444. The van der Waals surface area contributed by atoms with Crippen LogP contribution in [0.4, 0.5) is 4.39 Å². The molecule has 4 nitrogen and oxygen atoms in total. The minimum atomic E-state index is -0.636. The van der Waals surface area contributed by atoms with Crippen molar-refractivity contribution in [3.63, 3.8) is 0 Å². The predicted molar refractivity (Wildman–Crippen MR) is 102 cm³/mol. The van der Waals surface area contributed by atoms with Crippen molar-refractivity contribution < 1.29 is 23.5 Å². The molecule has 1 aliphatic rings. The second-order valence-corrected chi connectivity index (χ2v) is 8.27. The van der Waals surface area contributed by atoms with Gasteiger partial charge in [0, 0.05) is 17.1 Å². The summed E-state index contributed by atoms with van der Waals surface area (Å²) in [4.78, 5) is 24.2. The lowest BCUT2D eigenvalue weighted by molar-refractivity contribution is 0.0474. The van der Waals surface area contributed by atoms with Crippen LogP contribution >= 0.6 is 23.5 Å². The smallest absolute Gasteiger partial charge is 0.338 e. The third kappa shape index (κ3) is 4.40. The number of halogens is 1. The number of methoxy groups -OCH3 is 1. The van der Waals surface area contributed by atoms with Crippen molar-refractivity contribution >= 4 is 35.3 Å². The van der Waals surface area contributed by atoms with Crippen LogP contribution in [0.15, 0.2) is 42.5 Å². The lowest BCUT2D eigenvalue weighted by Crippen LogP contribution is -2.14. The summed E-state index contributed by atoms with van der Waals surface area (Å²) in [5, 5.41) is 0. The summed E-state index contributed by atoms with van der Waals surface area (Å²) in [5.41, 5.74) is 1.68. The minimum absolute atomic E-state index is 0.0530. The van der Waals surface area contributed by atoms with E-state index >= 15 is 0 Å². The molecule has 2 aromatic rings. The molecular weight excluding hydrogens is 375 g/mol. The lowest BCUT2D eigenvalue weighted by Gasteiger charge is -2.09. The van der Waals surface area contributed by atoms with Crippen LogP contribution in [0.2, 0.25) is 0 Å². The van der Waals surface area contributed by atoms with Crippen molar-refractivity contribution in [3.8, 4) is 5.75 Å². The number of benzene rings is 2. The molecule has 0 aromatic heterocycles. The number of carbonyl (C=O) groups excluding carboxylic acids is 2. The molecular formula is C19H17FO4S2. The minimum Gasteiger partial charge on any atom is -0.494 e. The number of thioether (sulfide) groups is 2. The molecule has 0 unspecified atom stereocenters. The lowest BCUT2D eigenvalue weighted by atomic mass is 10.1. The van der Waals surface area contributed by atoms with Crippen LogP contribution < -0.4 is 4.74 Å². The third-order valence-corrected chi connectivity index (χ3v) is 6.95. The summed E-state index contributed by atoms with van der Waals surface area (Å²) in [5.74, 6) is 0.626. The van der Waals surface area contributed by atoms with Crippen molar-refractivity contribution in [3.05, 3.63) is 65.0 Å². The molecule has 26 heavy (non-hydrogen) atoms. The molecule has 7 heteroatoms. The molecule has 1 fully saturated rings. The van der Waals surface area contributed by atoms with Crippen molar-refractivity contribution in [1.29, 1.82) is 0 Å². The van der Waals surface area contributed by atoms with Crippen LogP contribution in [-0.4, -0.2) is 37.0 Å². The summed E-state index contributed by atoms with van der Waals surface area (Å²) in [6, 6.07) is 11.1. The van der Waals surface area contributed by atoms with E-state index in [1.54, 1.807) is 12.1 Å². The van der Waals surface area contributed by atoms with Gasteiger partial charge in [-0.05, 0) is 35.9 Å². The molecule has 0 spiro atoms. The monoisotopic (exact) mass is 392 g/mol. The van der Waals surface area contributed by atoms with Crippen LogP contribution in [0.3, 0.4) is 0 Å². The average Bonchev–Trinajstić information content (AvgIpc) is 3.20. The zero-order chi connectivity index (χ0) is 18.5. The van der Waals surface area contributed by atoms with Gasteiger partial charge < -0.3 is 9.47 Å². The van der Waals surface area contributed by atoms with Gasteiger partial charge in [-0.15, -0.1) is 23.5 Å². The SMILES string of the molecule is COc1ccc(C(=O)COC(=O)c2ccc(C3SCCS3)cc2)cc1F. The van der Waals surface area contributed by atoms with Gasteiger partial charge in [0.2, 0.25) is 0 Å². The first-order chi connectivity index (χ1) is 12.6. The number of hydrogen-bond acceptors (Lipinski definition) is 6. The molecule has 0 amide bonds. The highest BCUT2D eigenvalue weighted by molar-refractivity contribution is 8.19. The molecule has 0 bridgehead atoms. The molecule has 3 rings (SSSR count). The molecule has 1 heterocycles. The van der Waals surface area contributed by atoms with Gasteiger partial charge in [-0.25, -0.2) is 9.18 Å². The highest BCUT2D eigenvalue weighted by Gasteiger charge is 2.19. The Hall–Kier alpha value is -1.99. The van der Waals surface area contributed by atoms with Crippen LogP contribution in [-0.2, 0) is 4.74 Å². The van der Waals surface area contributed by atoms with Gasteiger partial charge >= 0.3 is 5.97 Å². The fourth-order valence-electron chi connectivity index (χ4n) is 2.46. The predicted octanol–water partition coefficient (Wildman–Crippen LogP) is 4.35. The standard InChI is InChI=1S/C19H17FO4S2/c1-23-17-7-6-14(10-15(17)20)16(21)11-24-18(22)12-2-4-13(5-3-12)19-25-8-9-26-19/h2-7,10,19H,8-9,11H2,1H3. The molecule has 0 aliphatic carbocycles. The normalized spacial score (nSPS) is 14.2. The number of hydrogen-bond donors (Lipinski definition) is 0. The number of rotatable bonds is 6. The first kappa shape index (κ1) is 18.8. The molecule has 0 radical (unpaired) electrons. The zero-order valence-corrected chi connectivity index (χ0v) is 15.7.